The monoisotopic (exact) mass is 319 g/mol. The molecule has 2 rings (SSSR count). The number of carboxylic acid groups (broad SMARTS) is 1. The van der Waals surface area contributed by atoms with E-state index in [1.54, 1.807) is 18.2 Å². The Morgan fingerprint density at radius 1 is 1.43 bits per heavy atom. The van der Waals surface area contributed by atoms with Crippen LogP contribution in [0, 0.1) is 0 Å². The Kier molecular flexibility index (Phi) is 5.15. The molecule has 124 valence electrons. The number of hydrogen-bond donors (Lipinski definition) is 2. The van der Waals surface area contributed by atoms with E-state index >= 15 is 0 Å². The standard InChI is InChI=1S/C15H21N5O3/c1-4-5-12(15(21)22)20-14(17-18-19-20)10-6-7-13(11(16)8-10)23-9(2)3/h6-9,12H,4-5,16H2,1-3H3,(H,21,22). The summed E-state index contributed by atoms with van der Waals surface area (Å²) >= 11 is 0. The average molecular weight is 319 g/mol. The van der Waals surface area contributed by atoms with Gasteiger partial charge >= 0.3 is 5.97 Å². The fourth-order valence-corrected chi connectivity index (χ4v) is 2.27. The van der Waals surface area contributed by atoms with Crippen molar-refractivity contribution in [3.05, 3.63) is 18.2 Å². The minimum Gasteiger partial charge on any atom is -0.489 e. The summed E-state index contributed by atoms with van der Waals surface area (Å²) in [5.41, 5.74) is 7.10. The van der Waals surface area contributed by atoms with Crippen molar-refractivity contribution in [2.45, 2.75) is 45.8 Å². The van der Waals surface area contributed by atoms with E-state index in [0.717, 1.165) is 0 Å². The van der Waals surface area contributed by atoms with Crippen molar-refractivity contribution in [2.75, 3.05) is 5.73 Å². The lowest BCUT2D eigenvalue weighted by molar-refractivity contribution is -0.141. The zero-order valence-corrected chi connectivity index (χ0v) is 13.4. The van der Waals surface area contributed by atoms with Crippen LogP contribution in [0.3, 0.4) is 0 Å². The second-order valence-corrected chi connectivity index (χ2v) is 5.51. The van der Waals surface area contributed by atoms with Crippen molar-refractivity contribution in [2.24, 2.45) is 0 Å². The molecule has 0 amide bonds. The van der Waals surface area contributed by atoms with Crippen molar-refractivity contribution in [3.8, 4) is 17.1 Å². The van der Waals surface area contributed by atoms with Gasteiger partial charge in [0, 0.05) is 5.56 Å². The molecule has 23 heavy (non-hydrogen) atoms. The van der Waals surface area contributed by atoms with Gasteiger partial charge in [-0.15, -0.1) is 5.10 Å². The van der Waals surface area contributed by atoms with Crippen LogP contribution in [0.4, 0.5) is 5.69 Å². The molecule has 1 atom stereocenters. The summed E-state index contributed by atoms with van der Waals surface area (Å²) in [5.74, 6) is -0.0205. The Morgan fingerprint density at radius 2 is 2.17 bits per heavy atom. The zero-order valence-electron chi connectivity index (χ0n) is 13.4. The van der Waals surface area contributed by atoms with Gasteiger partial charge in [0.1, 0.15) is 5.75 Å². The van der Waals surface area contributed by atoms with Crippen molar-refractivity contribution < 1.29 is 14.6 Å². The summed E-state index contributed by atoms with van der Waals surface area (Å²) in [6.07, 6.45) is 1.16. The van der Waals surface area contributed by atoms with Crippen LogP contribution in [0.5, 0.6) is 5.75 Å². The molecule has 0 fully saturated rings. The van der Waals surface area contributed by atoms with Crippen molar-refractivity contribution >= 4 is 11.7 Å². The molecular formula is C15H21N5O3. The highest BCUT2D eigenvalue weighted by atomic mass is 16.5. The lowest BCUT2D eigenvalue weighted by atomic mass is 10.1. The molecule has 0 saturated heterocycles. The molecule has 0 aliphatic heterocycles. The number of tetrazole rings is 1. The molecular weight excluding hydrogens is 298 g/mol. The number of anilines is 1. The smallest absolute Gasteiger partial charge is 0.328 e. The third-order valence-corrected chi connectivity index (χ3v) is 3.27. The molecule has 8 nitrogen and oxygen atoms in total. The van der Waals surface area contributed by atoms with Crippen LogP contribution >= 0.6 is 0 Å². The molecule has 1 aromatic carbocycles. The van der Waals surface area contributed by atoms with E-state index in [4.69, 9.17) is 10.5 Å². The van der Waals surface area contributed by atoms with E-state index < -0.39 is 12.0 Å². The fourth-order valence-electron chi connectivity index (χ4n) is 2.27. The number of carbonyl (C=O) groups is 1. The highest BCUT2D eigenvalue weighted by Gasteiger charge is 2.24. The SMILES string of the molecule is CCCC(C(=O)O)n1nnnc1-c1ccc(OC(C)C)c(N)c1. The first-order valence-electron chi connectivity index (χ1n) is 7.51. The number of aliphatic carboxylic acids is 1. The third-order valence-electron chi connectivity index (χ3n) is 3.27. The number of hydrogen-bond acceptors (Lipinski definition) is 6. The highest BCUT2D eigenvalue weighted by molar-refractivity contribution is 5.73. The number of aromatic nitrogens is 4. The first kappa shape index (κ1) is 16.7. The predicted molar refractivity (Wildman–Crippen MR) is 85.0 cm³/mol. The number of ether oxygens (including phenoxy) is 1. The van der Waals surface area contributed by atoms with Crippen LogP contribution in [0.1, 0.15) is 39.7 Å². The van der Waals surface area contributed by atoms with Gasteiger partial charge in [-0.3, -0.25) is 0 Å². The number of rotatable bonds is 7. The first-order chi connectivity index (χ1) is 10.9. The maximum atomic E-state index is 11.5. The Hall–Kier alpha value is -2.64. The number of nitrogen functional groups attached to an aromatic ring is 1. The van der Waals surface area contributed by atoms with Gasteiger partial charge in [0.05, 0.1) is 11.8 Å². The molecule has 3 N–H and O–H groups in total. The summed E-state index contributed by atoms with van der Waals surface area (Å²) in [6, 6.07) is 4.38. The Labute approximate surface area is 134 Å². The highest BCUT2D eigenvalue weighted by Crippen LogP contribution is 2.29. The third kappa shape index (κ3) is 3.77. The van der Waals surface area contributed by atoms with Crippen LogP contribution in [0.2, 0.25) is 0 Å². The van der Waals surface area contributed by atoms with Crippen molar-refractivity contribution in [1.29, 1.82) is 0 Å². The second kappa shape index (κ2) is 7.08. The van der Waals surface area contributed by atoms with E-state index in [1.807, 2.05) is 20.8 Å². The fraction of sp³-hybridized carbons (Fsp3) is 0.467. The maximum absolute atomic E-state index is 11.5. The summed E-state index contributed by atoms with van der Waals surface area (Å²) < 4.78 is 6.92. The largest absolute Gasteiger partial charge is 0.489 e. The Bertz CT molecular complexity index is 684. The lowest BCUT2D eigenvalue weighted by Crippen LogP contribution is -2.21. The molecule has 2 aromatic rings. The number of benzene rings is 1. The van der Waals surface area contributed by atoms with Crippen LogP contribution in [-0.4, -0.2) is 37.4 Å². The minimum atomic E-state index is -0.965. The number of nitrogens with zero attached hydrogens (tertiary/aromatic N) is 4. The van der Waals surface area contributed by atoms with Gasteiger partial charge in [0.25, 0.3) is 0 Å². The van der Waals surface area contributed by atoms with E-state index in [0.29, 0.717) is 35.7 Å². The number of nitrogens with two attached hydrogens (primary N) is 1. The average Bonchev–Trinajstić information content (AvgIpc) is 2.95. The molecule has 1 unspecified atom stereocenters. The molecule has 1 aromatic heterocycles. The van der Waals surface area contributed by atoms with Gasteiger partial charge in [-0.05, 0) is 48.9 Å². The van der Waals surface area contributed by atoms with Crippen LogP contribution in [-0.2, 0) is 4.79 Å². The van der Waals surface area contributed by atoms with E-state index in [-0.39, 0.29) is 6.10 Å². The van der Waals surface area contributed by atoms with Crippen LogP contribution < -0.4 is 10.5 Å². The van der Waals surface area contributed by atoms with E-state index in [2.05, 4.69) is 15.5 Å². The number of carboxylic acids is 1. The normalized spacial score (nSPS) is 12.3. The van der Waals surface area contributed by atoms with Crippen LogP contribution in [0.15, 0.2) is 18.2 Å². The van der Waals surface area contributed by atoms with Crippen LogP contribution in [0.25, 0.3) is 11.4 Å². The molecule has 0 spiro atoms. The van der Waals surface area contributed by atoms with Gasteiger partial charge in [-0.1, -0.05) is 13.3 Å². The van der Waals surface area contributed by atoms with Gasteiger partial charge in [0.2, 0.25) is 0 Å². The summed E-state index contributed by atoms with van der Waals surface area (Å²) in [5, 5.41) is 20.8. The van der Waals surface area contributed by atoms with Crippen molar-refractivity contribution in [1.82, 2.24) is 20.2 Å². The van der Waals surface area contributed by atoms with Gasteiger partial charge < -0.3 is 15.6 Å². The molecule has 8 heteroatoms. The van der Waals surface area contributed by atoms with Gasteiger partial charge in [0.15, 0.2) is 11.9 Å². The van der Waals surface area contributed by atoms with Gasteiger partial charge in [-0.25, -0.2) is 9.48 Å². The topological polar surface area (TPSA) is 116 Å². The van der Waals surface area contributed by atoms with Crippen molar-refractivity contribution in [3.63, 3.8) is 0 Å². The molecule has 0 aliphatic carbocycles. The summed E-state index contributed by atoms with van der Waals surface area (Å²) in [7, 11) is 0. The summed E-state index contributed by atoms with van der Waals surface area (Å²) in [4.78, 5) is 11.5. The maximum Gasteiger partial charge on any atom is 0.328 e. The molecule has 0 radical (unpaired) electrons. The van der Waals surface area contributed by atoms with E-state index in [9.17, 15) is 9.90 Å². The molecule has 0 bridgehead atoms. The Balaban J connectivity index is 2.38. The lowest BCUT2D eigenvalue weighted by Gasteiger charge is -2.15. The zero-order chi connectivity index (χ0) is 17.0. The second-order valence-electron chi connectivity index (χ2n) is 5.51. The minimum absolute atomic E-state index is 0.00872. The quantitative estimate of drug-likeness (QED) is 0.751. The van der Waals surface area contributed by atoms with E-state index in [1.165, 1.54) is 4.68 Å². The molecule has 1 heterocycles. The molecule has 0 saturated carbocycles. The Morgan fingerprint density at radius 3 is 2.74 bits per heavy atom. The summed E-state index contributed by atoms with van der Waals surface area (Å²) in [6.45, 7) is 5.74. The molecule has 0 aliphatic rings. The first-order valence-corrected chi connectivity index (χ1v) is 7.51. The van der Waals surface area contributed by atoms with Gasteiger partial charge in [-0.2, -0.15) is 0 Å². The predicted octanol–water partition coefficient (Wildman–Crippen LogP) is 2.14.